The summed E-state index contributed by atoms with van der Waals surface area (Å²) in [5, 5.41) is 9.33. The molecule has 1 aromatic carbocycles. The summed E-state index contributed by atoms with van der Waals surface area (Å²) in [6, 6.07) is 5.89. The van der Waals surface area contributed by atoms with Gasteiger partial charge in [0, 0.05) is 7.05 Å². The first kappa shape index (κ1) is 15.3. The average Bonchev–Trinajstić information content (AvgIpc) is 2.36. The maximum atomic E-state index is 11.4. The van der Waals surface area contributed by atoms with Crippen molar-refractivity contribution in [1.29, 1.82) is 0 Å². The standard InChI is InChI=1S/C15H23NO3/c1-10(2)11-7-8-13(19-6)12(9-11)16(5)15(3,4)14(17)18/h7-10H,1-6H3,(H,17,18). The second-order valence-corrected chi connectivity index (χ2v) is 5.51. The molecule has 1 N–H and O–H groups in total. The van der Waals surface area contributed by atoms with E-state index in [1.165, 1.54) is 0 Å². The van der Waals surface area contributed by atoms with Gasteiger partial charge in [0.25, 0.3) is 0 Å². The Balaban J connectivity index is 3.31. The number of rotatable bonds is 5. The van der Waals surface area contributed by atoms with Crippen LogP contribution in [0.15, 0.2) is 18.2 Å². The molecule has 0 heterocycles. The zero-order valence-electron chi connectivity index (χ0n) is 12.5. The Morgan fingerprint density at radius 1 is 1.37 bits per heavy atom. The molecule has 0 saturated carbocycles. The molecule has 0 bridgehead atoms. The number of anilines is 1. The molecule has 1 aromatic rings. The number of carboxylic acids is 1. The van der Waals surface area contributed by atoms with Crippen molar-refractivity contribution in [1.82, 2.24) is 0 Å². The predicted octanol–water partition coefficient (Wildman–Crippen LogP) is 3.12. The van der Waals surface area contributed by atoms with Gasteiger partial charge in [-0.3, -0.25) is 0 Å². The van der Waals surface area contributed by atoms with Gasteiger partial charge in [0.1, 0.15) is 11.3 Å². The van der Waals surface area contributed by atoms with Gasteiger partial charge >= 0.3 is 5.97 Å². The molecule has 0 unspecified atom stereocenters. The lowest BCUT2D eigenvalue weighted by molar-refractivity contribution is -0.142. The fraction of sp³-hybridized carbons (Fsp3) is 0.533. The summed E-state index contributed by atoms with van der Waals surface area (Å²) in [5.74, 6) is 0.194. The van der Waals surface area contributed by atoms with Crippen LogP contribution in [0.1, 0.15) is 39.2 Å². The summed E-state index contributed by atoms with van der Waals surface area (Å²) in [7, 11) is 3.37. The van der Waals surface area contributed by atoms with Crippen LogP contribution in [0.5, 0.6) is 5.75 Å². The first-order valence-corrected chi connectivity index (χ1v) is 6.37. The molecular weight excluding hydrogens is 242 g/mol. The van der Waals surface area contributed by atoms with Crippen molar-refractivity contribution in [2.75, 3.05) is 19.1 Å². The zero-order valence-corrected chi connectivity index (χ0v) is 12.5. The number of benzene rings is 1. The van der Waals surface area contributed by atoms with E-state index in [1.807, 2.05) is 18.2 Å². The Morgan fingerprint density at radius 2 is 1.95 bits per heavy atom. The van der Waals surface area contributed by atoms with E-state index in [-0.39, 0.29) is 0 Å². The Hall–Kier alpha value is -1.71. The average molecular weight is 265 g/mol. The van der Waals surface area contributed by atoms with Crippen LogP contribution in [0.4, 0.5) is 5.69 Å². The Labute approximate surface area is 115 Å². The number of nitrogens with zero attached hydrogens (tertiary/aromatic N) is 1. The normalized spacial score (nSPS) is 11.5. The van der Waals surface area contributed by atoms with E-state index >= 15 is 0 Å². The number of carbonyl (C=O) groups is 1. The van der Waals surface area contributed by atoms with Crippen LogP contribution >= 0.6 is 0 Å². The molecule has 0 amide bonds. The van der Waals surface area contributed by atoms with E-state index in [2.05, 4.69) is 13.8 Å². The van der Waals surface area contributed by atoms with E-state index in [9.17, 15) is 9.90 Å². The minimum atomic E-state index is -0.997. The van der Waals surface area contributed by atoms with Crippen LogP contribution in [-0.2, 0) is 4.79 Å². The molecule has 0 radical (unpaired) electrons. The number of ether oxygens (including phenoxy) is 1. The topological polar surface area (TPSA) is 49.8 Å². The molecule has 4 heteroatoms. The number of aliphatic carboxylic acids is 1. The summed E-state index contributed by atoms with van der Waals surface area (Å²) < 4.78 is 5.34. The first-order valence-electron chi connectivity index (χ1n) is 6.37. The van der Waals surface area contributed by atoms with Crippen LogP contribution in [0.25, 0.3) is 0 Å². The van der Waals surface area contributed by atoms with Gasteiger partial charge in [-0.05, 0) is 37.5 Å². The number of hydrogen-bond acceptors (Lipinski definition) is 3. The molecule has 4 nitrogen and oxygen atoms in total. The van der Waals surface area contributed by atoms with E-state index in [1.54, 1.807) is 32.9 Å². The number of carboxylic acid groups (broad SMARTS) is 1. The molecular formula is C15H23NO3. The molecule has 1 rings (SSSR count). The minimum Gasteiger partial charge on any atom is -0.495 e. The van der Waals surface area contributed by atoms with Crippen LogP contribution < -0.4 is 9.64 Å². The second kappa shape index (κ2) is 5.51. The maximum absolute atomic E-state index is 11.4. The van der Waals surface area contributed by atoms with E-state index in [0.29, 0.717) is 11.7 Å². The highest BCUT2D eigenvalue weighted by atomic mass is 16.5. The van der Waals surface area contributed by atoms with Gasteiger partial charge in [0.05, 0.1) is 12.8 Å². The highest BCUT2D eigenvalue weighted by Crippen LogP contribution is 2.34. The van der Waals surface area contributed by atoms with Crippen molar-refractivity contribution in [3.63, 3.8) is 0 Å². The van der Waals surface area contributed by atoms with E-state index in [4.69, 9.17) is 4.74 Å². The van der Waals surface area contributed by atoms with E-state index in [0.717, 1.165) is 11.3 Å². The number of hydrogen-bond donors (Lipinski definition) is 1. The van der Waals surface area contributed by atoms with Gasteiger partial charge in [-0.25, -0.2) is 4.79 Å². The molecule has 0 saturated heterocycles. The molecule has 0 spiro atoms. The monoisotopic (exact) mass is 265 g/mol. The van der Waals surface area contributed by atoms with Crippen LogP contribution in [0.2, 0.25) is 0 Å². The predicted molar refractivity (Wildman–Crippen MR) is 77.2 cm³/mol. The largest absolute Gasteiger partial charge is 0.495 e. The van der Waals surface area contributed by atoms with Gasteiger partial charge < -0.3 is 14.7 Å². The summed E-state index contributed by atoms with van der Waals surface area (Å²) in [6.45, 7) is 7.56. The van der Waals surface area contributed by atoms with Crippen LogP contribution in [-0.4, -0.2) is 30.8 Å². The van der Waals surface area contributed by atoms with Crippen LogP contribution in [0.3, 0.4) is 0 Å². The Morgan fingerprint density at radius 3 is 2.37 bits per heavy atom. The van der Waals surface area contributed by atoms with Crippen LogP contribution in [0, 0.1) is 0 Å². The van der Waals surface area contributed by atoms with Crippen molar-refractivity contribution in [3.8, 4) is 5.75 Å². The minimum absolute atomic E-state index is 0.381. The van der Waals surface area contributed by atoms with Gasteiger partial charge in [-0.15, -0.1) is 0 Å². The first-order chi connectivity index (χ1) is 8.71. The van der Waals surface area contributed by atoms with Crippen molar-refractivity contribution < 1.29 is 14.6 Å². The lowest BCUT2D eigenvalue weighted by Crippen LogP contribution is -2.48. The molecule has 106 valence electrons. The maximum Gasteiger partial charge on any atom is 0.328 e. The van der Waals surface area contributed by atoms with Crippen molar-refractivity contribution in [2.45, 2.75) is 39.2 Å². The van der Waals surface area contributed by atoms with Crippen molar-refractivity contribution in [2.24, 2.45) is 0 Å². The smallest absolute Gasteiger partial charge is 0.328 e. The fourth-order valence-electron chi connectivity index (χ4n) is 1.77. The Kier molecular flexibility index (Phi) is 4.45. The summed E-state index contributed by atoms with van der Waals surface area (Å²) in [6.07, 6.45) is 0. The van der Waals surface area contributed by atoms with Gasteiger partial charge in [-0.2, -0.15) is 0 Å². The molecule has 0 atom stereocenters. The highest BCUT2D eigenvalue weighted by molar-refractivity contribution is 5.83. The lowest BCUT2D eigenvalue weighted by Gasteiger charge is -2.34. The molecule has 19 heavy (non-hydrogen) atoms. The number of methoxy groups -OCH3 is 1. The lowest BCUT2D eigenvalue weighted by atomic mass is 9.99. The summed E-state index contributed by atoms with van der Waals surface area (Å²) in [4.78, 5) is 13.1. The second-order valence-electron chi connectivity index (χ2n) is 5.51. The third-order valence-corrected chi connectivity index (χ3v) is 3.59. The van der Waals surface area contributed by atoms with Gasteiger partial charge in [-0.1, -0.05) is 19.9 Å². The summed E-state index contributed by atoms with van der Waals surface area (Å²) in [5.41, 5.74) is 0.952. The molecule has 0 aliphatic heterocycles. The summed E-state index contributed by atoms with van der Waals surface area (Å²) >= 11 is 0. The fourth-order valence-corrected chi connectivity index (χ4v) is 1.77. The van der Waals surface area contributed by atoms with E-state index < -0.39 is 11.5 Å². The third-order valence-electron chi connectivity index (χ3n) is 3.59. The third kappa shape index (κ3) is 3.00. The molecule has 0 aromatic heterocycles. The van der Waals surface area contributed by atoms with Gasteiger partial charge in [0.15, 0.2) is 0 Å². The molecule has 0 fully saturated rings. The molecule has 0 aliphatic carbocycles. The van der Waals surface area contributed by atoms with Gasteiger partial charge in [0.2, 0.25) is 0 Å². The SMILES string of the molecule is COc1ccc(C(C)C)cc1N(C)C(C)(C)C(=O)O. The quantitative estimate of drug-likeness (QED) is 0.888. The Bertz CT molecular complexity index is 466. The number of likely N-dealkylation sites (N-methyl/N-ethyl adjacent to an activating group) is 1. The van der Waals surface area contributed by atoms with Crippen molar-refractivity contribution >= 4 is 11.7 Å². The highest BCUT2D eigenvalue weighted by Gasteiger charge is 2.33. The zero-order chi connectivity index (χ0) is 14.8. The van der Waals surface area contributed by atoms with Crippen molar-refractivity contribution in [3.05, 3.63) is 23.8 Å². The molecule has 0 aliphatic rings.